The van der Waals surface area contributed by atoms with Crippen molar-refractivity contribution in [3.8, 4) is 0 Å². The first-order valence-corrected chi connectivity index (χ1v) is 9.31. The summed E-state index contributed by atoms with van der Waals surface area (Å²) in [7, 11) is 0. The van der Waals surface area contributed by atoms with Gasteiger partial charge in [0.2, 0.25) is 5.91 Å². The van der Waals surface area contributed by atoms with Gasteiger partial charge in [0.15, 0.2) is 0 Å². The number of amides is 2. The van der Waals surface area contributed by atoms with Crippen LogP contribution in [0, 0.1) is 5.82 Å². The number of rotatable bonds is 6. The summed E-state index contributed by atoms with van der Waals surface area (Å²) in [5.74, 6) is -1.41. The van der Waals surface area contributed by atoms with Crippen LogP contribution in [0.25, 0.3) is 0 Å². The average molecular weight is 370 g/mol. The Labute approximate surface area is 158 Å². The molecule has 1 aliphatic rings. The number of likely N-dealkylation sites (tertiary alicyclic amines) is 1. The second-order valence-electron chi connectivity index (χ2n) is 6.92. The van der Waals surface area contributed by atoms with Crippen LogP contribution in [0.1, 0.15) is 28.8 Å². The Kier molecular flexibility index (Phi) is 6.54. The van der Waals surface area contributed by atoms with Gasteiger partial charge in [-0.05, 0) is 12.1 Å². The molecule has 0 aliphatic carbocycles. The summed E-state index contributed by atoms with van der Waals surface area (Å²) >= 11 is 0. The third-order valence-corrected chi connectivity index (χ3v) is 4.88. The minimum Gasteiger partial charge on any atom is -0.351 e. The molecule has 1 aliphatic heterocycles. The molecule has 1 heterocycles. The van der Waals surface area contributed by atoms with Gasteiger partial charge in [-0.25, -0.2) is 4.39 Å². The lowest BCUT2D eigenvalue weighted by Crippen LogP contribution is -3.12. The molecule has 0 spiro atoms. The second-order valence-corrected chi connectivity index (χ2v) is 6.92. The Morgan fingerprint density at radius 1 is 1.00 bits per heavy atom. The summed E-state index contributed by atoms with van der Waals surface area (Å²) < 4.78 is 13.6. The molecule has 6 heteroatoms. The number of hydrogen-bond donors (Lipinski definition) is 3. The molecule has 2 aromatic carbocycles. The number of quaternary nitrogens is 1. The van der Waals surface area contributed by atoms with Crippen LogP contribution in [0.3, 0.4) is 0 Å². The van der Waals surface area contributed by atoms with E-state index in [-0.39, 0.29) is 24.1 Å². The zero-order valence-corrected chi connectivity index (χ0v) is 15.2. The standard InChI is InChI=1S/C21H24FN3O2/c22-19-9-5-4-8-18(19)21(27)23-14-20(26)24-17-10-12-25(13-11-17)15-16-6-2-1-3-7-16/h1-9,17H,10-15H2,(H,23,27)(H,24,26)/p+1. The Morgan fingerprint density at radius 2 is 1.67 bits per heavy atom. The van der Waals surface area contributed by atoms with Crippen molar-refractivity contribution >= 4 is 11.8 Å². The fourth-order valence-electron chi connectivity index (χ4n) is 3.41. The van der Waals surface area contributed by atoms with Crippen molar-refractivity contribution < 1.29 is 18.9 Å². The molecule has 0 bridgehead atoms. The highest BCUT2D eigenvalue weighted by Gasteiger charge is 2.23. The van der Waals surface area contributed by atoms with Crippen LogP contribution in [0.15, 0.2) is 54.6 Å². The Bertz CT molecular complexity index is 774. The molecule has 27 heavy (non-hydrogen) atoms. The third kappa shape index (κ3) is 5.62. The van der Waals surface area contributed by atoms with E-state index in [1.165, 1.54) is 28.7 Å². The fraction of sp³-hybridized carbons (Fsp3) is 0.333. The number of piperidine rings is 1. The van der Waals surface area contributed by atoms with Gasteiger partial charge in [0.1, 0.15) is 12.4 Å². The number of halogens is 1. The Morgan fingerprint density at radius 3 is 2.37 bits per heavy atom. The summed E-state index contributed by atoms with van der Waals surface area (Å²) in [6.45, 7) is 2.85. The third-order valence-electron chi connectivity index (χ3n) is 4.88. The lowest BCUT2D eigenvalue weighted by atomic mass is 10.0. The van der Waals surface area contributed by atoms with Crippen molar-refractivity contribution in [1.82, 2.24) is 10.6 Å². The number of hydrogen-bond acceptors (Lipinski definition) is 2. The number of nitrogens with one attached hydrogen (secondary N) is 3. The van der Waals surface area contributed by atoms with E-state index in [9.17, 15) is 14.0 Å². The lowest BCUT2D eigenvalue weighted by molar-refractivity contribution is -0.918. The van der Waals surface area contributed by atoms with Crippen LogP contribution >= 0.6 is 0 Å². The van der Waals surface area contributed by atoms with Crippen LogP contribution in [-0.2, 0) is 11.3 Å². The fourth-order valence-corrected chi connectivity index (χ4v) is 3.41. The van der Waals surface area contributed by atoms with E-state index >= 15 is 0 Å². The van der Waals surface area contributed by atoms with Gasteiger partial charge >= 0.3 is 0 Å². The zero-order chi connectivity index (χ0) is 19.1. The van der Waals surface area contributed by atoms with Gasteiger partial charge in [0, 0.05) is 24.4 Å². The van der Waals surface area contributed by atoms with Crippen molar-refractivity contribution in [2.45, 2.75) is 25.4 Å². The van der Waals surface area contributed by atoms with E-state index in [0.717, 1.165) is 32.5 Å². The van der Waals surface area contributed by atoms with Crippen LogP contribution in [0.2, 0.25) is 0 Å². The first kappa shape index (κ1) is 19.0. The van der Waals surface area contributed by atoms with E-state index in [1.807, 2.05) is 6.07 Å². The monoisotopic (exact) mass is 370 g/mol. The van der Waals surface area contributed by atoms with Crippen molar-refractivity contribution in [3.05, 3.63) is 71.5 Å². The molecule has 1 saturated heterocycles. The molecule has 1 fully saturated rings. The summed E-state index contributed by atoms with van der Waals surface area (Å²) in [6.07, 6.45) is 1.82. The Balaban J connectivity index is 1.38. The minimum absolute atomic E-state index is 0.0527. The first-order chi connectivity index (χ1) is 13.1. The molecule has 3 N–H and O–H groups in total. The predicted molar refractivity (Wildman–Crippen MR) is 101 cm³/mol. The predicted octanol–water partition coefficient (Wildman–Crippen LogP) is 0.919. The maximum absolute atomic E-state index is 13.6. The lowest BCUT2D eigenvalue weighted by Gasteiger charge is -2.29. The number of benzene rings is 2. The molecule has 0 aromatic heterocycles. The van der Waals surface area contributed by atoms with E-state index in [1.54, 1.807) is 6.07 Å². The zero-order valence-electron chi connectivity index (χ0n) is 15.2. The number of carbonyl (C=O) groups is 2. The molecule has 0 radical (unpaired) electrons. The van der Waals surface area contributed by atoms with Gasteiger partial charge in [0.05, 0.1) is 25.2 Å². The molecule has 2 amide bonds. The van der Waals surface area contributed by atoms with E-state index < -0.39 is 11.7 Å². The Hall–Kier alpha value is -2.73. The van der Waals surface area contributed by atoms with Gasteiger partial charge < -0.3 is 15.5 Å². The van der Waals surface area contributed by atoms with E-state index in [2.05, 4.69) is 34.9 Å². The summed E-state index contributed by atoms with van der Waals surface area (Å²) in [6, 6.07) is 16.3. The van der Waals surface area contributed by atoms with Gasteiger partial charge in [-0.2, -0.15) is 0 Å². The minimum atomic E-state index is -0.593. The van der Waals surface area contributed by atoms with Gasteiger partial charge in [-0.3, -0.25) is 9.59 Å². The molecule has 142 valence electrons. The van der Waals surface area contributed by atoms with Crippen LogP contribution in [0.5, 0.6) is 0 Å². The first-order valence-electron chi connectivity index (χ1n) is 9.31. The molecule has 0 saturated carbocycles. The summed E-state index contributed by atoms with van der Waals surface area (Å²) in [5, 5.41) is 5.44. The van der Waals surface area contributed by atoms with E-state index in [4.69, 9.17) is 0 Å². The van der Waals surface area contributed by atoms with Crippen LogP contribution in [-0.4, -0.2) is 37.5 Å². The van der Waals surface area contributed by atoms with Crippen molar-refractivity contribution in [2.24, 2.45) is 0 Å². The molecular formula is C21H25FN3O2+. The quantitative estimate of drug-likeness (QED) is 0.708. The average Bonchev–Trinajstić information content (AvgIpc) is 2.69. The normalized spacial score (nSPS) is 19.3. The largest absolute Gasteiger partial charge is 0.351 e. The highest BCUT2D eigenvalue weighted by Crippen LogP contribution is 2.06. The van der Waals surface area contributed by atoms with Crippen LogP contribution < -0.4 is 15.5 Å². The highest BCUT2D eigenvalue weighted by atomic mass is 19.1. The molecule has 0 unspecified atom stereocenters. The summed E-state index contributed by atoms with van der Waals surface area (Å²) in [5.41, 5.74) is 1.27. The topological polar surface area (TPSA) is 62.6 Å². The van der Waals surface area contributed by atoms with E-state index in [0.29, 0.717) is 0 Å². The summed E-state index contributed by atoms with van der Waals surface area (Å²) in [4.78, 5) is 25.5. The van der Waals surface area contributed by atoms with Crippen molar-refractivity contribution in [1.29, 1.82) is 0 Å². The maximum Gasteiger partial charge on any atom is 0.254 e. The molecular weight excluding hydrogens is 345 g/mol. The molecule has 2 aromatic rings. The smallest absolute Gasteiger partial charge is 0.254 e. The van der Waals surface area contributed by atoms with Crippen molar-refractivity contribution in [2.75, 3.05) is 19.6 Å². The van der Waals surface area contributed by atoms with Gasteiger partial charge in [-0.1, -0.05) is 42.5 Å². The van der Waals surface area contributed by atoms with Crippen molar-refractivity contribution in [3.63, 3.8) is 0 Å². The SMILES string of the molecule is O=C(CNC(=O)c1ccccc1F)NC1CC[NH+](Cc2ccccc2)CC1. The second kappa shape index (κ2) is 9.28. The molecule has 0 atom stereocenters. The number of carbonyl (C=O) groups excluding carboxylic acids is 2. The molecule has 3 rings (SSSR count). The van der Waals surface area contributed by atoms with Gasteiger partial charge in [-0.15, -0.1) is 0 Å². The van der Waals surface area contributed by atoms with Gasteiger partial charge in [0.25, 0.3) is 5.91 Å². The highest BCUT2D eigenvalue weighted by molar-refractivity contribution is 5.96. The van der Waals surface area contributed by atoms with Crippen LogP contribution in [0.4, 0.5) is 4.39 Å². The maximum atomic E-state index is 13.6. The molecule has 5 nitrogen and oxygen atoms in total.